The fraction of sp³-hybridized carbons (Fsp3) is 0.500. The van der Waals surface area contributed by atoms with Gasteiger partial charge in [0.05, 0.1) is 7.11 Å². The molecular weight excluding hydrogens is 120 g/mol. The van der Waals surface area contributed by atoms with Gasteiger partial charge in [0.1, 0.15) is 0 Å². The first-order valence-electron chi connectivity index (χ1n) is 2.49. The molecule has 0 fully saturated rings. The molecule has 0 aliphatic carbocycles. The van der Waals surface area contributed by atoms with E-state index in [0.717, 1.165) is 0 Å². The van der Waals surface area contributed by atoms with Crippen LogP contribution in [0.4, 0.5) is 0 Å². The smallest absolute Gasteiger partial charge is 0.338 e. The molecule has 0 amide bonds. The SMILES string of the molecule is C=CC(OC)C(=O)OC. The Kier molecular flexibility index (Phi) is 3.71. The Balaban J connectivity index is 3.78. The maximum Gasteiger partial charge on any atom is 0.338 e. The van der Waals surface area contributed by atoms with Crippen molar-refractivity contribution in [2.24, 2.45) is 0 Å². The van der Waals surface area contributed by atoms with Crippen LogP contribution in [0.2, 0.25) is 0 Å². The molecule has 9 heavy (non-hydrogen) atoms. The van der Waals surface area contributed by atoms with Gasteiger partial charge in [0, 0.05) is 7.11 Å². The van der Waals surface area contributed by atoms with Gasteiger partial charge in [0.15, 0.2) is 6.10 Å². The monoisotopic (exact) mass is 130 g/mol. The second kappa shape index (κ2) is 4.09. The Morgan fingerprint density at radius 1 is 1.67 bits per heavy atom. The van der Waals surface area contributed by atoms with Crippen molar-refractivity contribution in [2.75, 3.05) is 14.2 Å². The average Bonchev–Trinajstić information content (AvgIpc) is 1.90. The standard InChI is InChI=1S/C6H10O3/c1-4-5(8-2)6(7)9-3/h4-5H,1H2,2-3H3. The van der Waals surface area contributed by atoms with Crippen molar-refractivity contribution in [1.29, 1.82) is 0 Å². The first kappa shape index (κ1) is 8.17. The van der Waals surface area contributed by atoms with Gasteiger partial charge in [-0.15, -0.1) is 0 Å². The Morgan fingerprint density at radius 3 is 2.33 bits per heavy atom. The van der Waals surface area contributed by atoms with Gasteiger partial charge < -0.3 is 9.47 Å². The number of rotatable bonds is 3. The van der Waals surface area contributed by atoms with Crippen molar-refractivity contribution in [3.8, 4) is 0 Å². The molecule has 0 aromatic heterocycles. The maximum absolute atomic E-state index is 10.6. The first-order valence-corrected chi connectivity index (χ1v) is 2.49. The molecule has 0 spiro atoms. The van der Waals surface area contributed by atoms with Gasteiger partial charge in [-0.25, -0.2) is 4.79 Å². The topological polar surface area (TPSA) is 35.5 Å². The molecule has 0 aromatic rings. The lowest BCUT2D eigenvalue weighted by Gasteiger charge is -2.05. The molecule has 0 saturated carbocycles. The molecule has 0 saturated heterocycles. The third kappa shape index (κ3) is 2.28. The summed E-state index contributed by atoms with van der Waals surface area (Å²) in [5.41, 5.74) is 0. The molecule has 0 bridgehead atoms. The van der Waals surface area contributed by atoms with Crippen LogP contribution >= 0.6 is 0 Å². The van der Waals surface area contributed by atoms with Crippen LogP contribution in [0.15, 0.2) is 12.7 Å². The van der Waals surface area contributed by atoms with Crippen LogP contribution in [0.5, 0.6) is 0 Å². The highest BCUT2D eigenvalue weighted by atomic mass is 16.6. The number of esters is 1. The lowest BCUT2D eigenvalue weighted by atomic mass is 10.4. The first-order chi connectivity index (χ1) is 4.26. The summed E-state index contributed by atoms with van der Waals surface area (Å²) < 4.78 is 9.02. The van der Waals surface area contributed by atoms with E-state index in [1.165, 1.54) is 20.3 Å². The molecule has 1 atom stereocenters. The zero-order chi connectivity index (χ0) is 7.28. The molecule has 3 nitrogen and oxygen atoms in total. The molecule has 0 radical (unpaired) electrons. The minimum absolute atomic E-state index is 0.424. The minimum Gasteiger partial charge on any atom is -0.467 e. The summed E-state index contributed by atoms with van der Waals surface area (Å²) in [6, 6.07) is 0. The van der Waals surface area contributed by atoms with Crippen molar-refractivity contribution in [3.63, 3.8) is 0 Å². The van der Waals surface area contributed by atoms with Crippen LogP contribution < -0.4 is 0 Å². The number of ether oxygens (including phenoxy) is 2. The number of methoxy groups -OCH3 is 2. The highest BCUT2D eigenvalue weighted by Gasteiger charge is 2.12. The van der Waals surface area contributed by atoms with E-state index in [1.54, 1.807) is 0 Å². The number of carbonyl (C=O) groups excluding carboxylic acids is 1. The zero-order valence-corrected chi connectivity index (χ0v) is 5.59. The van der Waals surface area contributed by atoms with Gasteiger partial charge in [-0.2, -0.15) is 0 Å². The fourth-order valence-corrected chi connectivity index (χ4v) is 0.405. The van der Waals surface area contributed by atoms with Crippen molar-refractivity contribution < 1.29 is 14.3 Å². The second-order valence-corrected chi connectivity index (χ2v) is 1.42. The number of hydrogen-bond acceptors (Lipinski definition) is 3. The van der Waals surface area contributed by atoms with Gasteiger partial charge in [-0.05, 0) is 0 Å². The second-order valence-electron chi connectivity index (χ2n) is 1.42. The highest BCUT2D eigenvalue weighted by molar-refractivity contribution is 5.76. The summed E-state index contributed by atoms with van der Waals surface area (Å²) in [7, 11) is 2.72. The van der Waals surface area contributed by atoms with E-state index >= 15 is 0 Å². The van der Waals surface area contributed by atoms with Crippen LogP contribution in [-0.2, 0) is 14.3 Å². The number of carbonyl (C=O) groups is 1. The summed E-state index contributed by atoms with van der Waals surface area (Å²) in [4.78, 5) is 10.6. The number of hydrogen-bond donors (Lipinski definition) is 0. The van der Waals surface area contributed by atoms with Crippen LogP contribution in [0, 0.1) is 0 Å². The van der Waals surface area contributed by atoms with E-state index < -0.39 is 12.1 Å². The van der Waals surface area contributed by atoms with Crippen molar-refractivity contribution in [3.05, 3.63) is 12.7 Å². The third-order valence-corrected chi connectivity index (χ3v) is 0.902. The normalized spacial score (nSPS) is 12.2. The van der Waals surface area contributed by atoms with E-state index in [2.05, 4.69) is 16.1 Å². The molecule has 0 aliphatic rings. The lowest BCUT2D eigenvalue weighted by molar-refractivity contribution is -0.149. The Bertz CT molecular complexity index is 109. The van der Waals surface area contributed by atoms with Crippen LogP contribution in [0.1, 0.15) is 0 Å². The molecule has 3 heteroatoms. The van der Waals surface area contributed by atoms with Crippen molar-refractivity contribution >= 4 is 5.97 Å². The third-order valence-electron chi connectivity index (χ3n) is 0.902. The Morgan fingerprint density at radius 2 is 2.22 bits per heavy atom. The molecular formula is C6H10O3. The van der Waals surface area contributed by atoms with E-state index in [-0.39, 0.29) is 0 Å². The van der Waals surface area contributed by atoms with Crippen molar-refractivity contribution in [1.82, 2.24) is 0 Å². The van der Waals surface area contributed by atoms with Gasteiger partial charge in [-0.3, -0.25) is 0 Å². The predicted molar refractivity (Wildman–Crippen MR) is 33.0 cm³/mol. The molecule has 0 rings (SSSR count). The molecule has 52 valence electrons. The molecule has 0 aromatic carbocycles. The van der Waals surface area contributed by atoms with Gasteiger partial charge in [0.25, 0.3) is 0 Å². The lowest BCUT2D eigenvalue weighted by Crippen LogP contribution is -2.21. The summed E-state index contributed by atoms with van der Waals surface area (Å²) in [5.74, 6) is -0.424. The van der Waals surface area contributed by atoms with Gasteiger partial charge in [0.2, 0.25) is 0 Å². The summed E-state index contributed by atoms with van der Waals surface area (Å²) in [5, 5.41) is 0. The summed E-state index contributed by atoms with van der Waals surface area (Å²) in [6.07, 6.45) is 0.751. The van der Waals surface area contributed by atoms with E-state index in [1.807, 2.05) is 0 Å². The summed E-state index contributed by atoms with van der Waals surface area (Å²) in [6.45, 7) is 3.38. The molecule has 0 heterocycles. The fourth-order valence-electron chi connectivity index (χ4n) is 0.405. The Hall–Kier alpha value is -0.830. The van der Waals surface area contributed by atoms with Crippen LogP contribution in [-0.4, -0.2) is 26.3 Å². The average molecular weight is 130 g/mol. The highest BCUT2D eigenvalue weighted by Crippen LogP contribution is 1.92. The largest absolute Gasteiger partial charge is 0.467 e. The van der Waals surface area contributed by atoms with E-state index in [9.17, 15) is 4.79 Å². The van der Waals surface area contributed by atoms with Crippen molar-refractivity contribution in [2.45, 2.75) is 6.10 Å². The minimum atomic E-state index is -0.630. The van der Waals surface area contributed by atoms with E-state index in [4.69, 9.17) is 0 Å². The zero-order valence-electron chi connectivity index (χ0n) is 5.59. The maximum atomic E-state index is 10.6. The molecule has 1 unspecified atom stereocenters. The van der Waals surface area contributed by atoms with Gasteiger partial charge >= 0.3 is 5.97 Å². The van der Waals surface area contributed by atoms with Gasteiger partial charge in [-0.1, -0.05) is 12.7 Å². The predicted octanol–water partition coefficient (Wildman–Crippen LogP) is 0.360. The quantitative estimate of drug-likeness (QED) is 0.408. The Labute approximate surface area is 54.3 Å². The summed E-state index contributed by atoms with van der Waals surface area (Å²) >= 11 is 0. The molecule has 0 aliphatic heterocycles. The van der Waals surface area contributed by atoms with E-state index in [0.29, 0.717) is 0 Å². The van der Waals surface area contributed by atoms with Crippen LogP contribution in [0.25, 0.3) is 0 Å². The van der Waals surface area contributed by atoms with Crippen LogP contribution in [0.3, 0.4) is 0 Å². The molecule has 0 N–H and O–H groups in total.